The van der Waals surface area contributed by atoms with Gasteiger partial charge in [0.25, 0.3) is 5.56 Å². The van der Waals surface area contributed by atoms with E-state index in [-0.39, 0.29) is 23.9 Å². The van der Waals surface area contributed by atoms with Crippen LogP contribution in [-0.2, 0) is 17.6 Å². The molecule has 6 heteroatoms. The van der Waals surface area contributed by atoms with Crippen LogP contribution in [0.5, 0.6) is 0 Å². The topological polar surface area (TPSA) is 79.3 Å². The molecule has 1 aliphatic carbocycles. The van der Waals surface area contributed by atoms with Gasteiger partial charge >= 0.3 is 0 Å². The highest BCUT2D eigenvalue weighted by Gasteiger charge is 2.24. The van der Waals surface area contributed by atoms with Crippen molar-refractivity contribution in [1.82, 2.24) is 19.9 Å². The summed E-state index contributed by atoms with van der Waals surface area (Å²) in [5, 5.41) is 5.86. The molecule has 0 radical (unpaired) electrons. The van der Waals surface area contributed by atoms with Gasteiger partial charge in [-0.3, -0.25) is 14.7 Å². The number of aromatic nitrogens is 3. The lowest BCUT2D eigenvalue weighted by Crippen LogP contribution is -2.29. The second-order valence-electron chi connectivity index (χ2n) is 6.61. The molecule has 4 rings (SSSR count). The fraction of sp³-hybridized carbons (Fsp3) is 0.316. The van der Waals surface area contributed by atoms with Gasteiger partial charge in [-0.15, -0.1) is 0 Å². The molecule has 6 nitrogen and oxygen atoms in total. The summed E-state index contributed by atoms with van der Waals surface area (Å²) < 4.78 is 1.64. The molecule has 0 saturated heterocycles. The molecule has 1 atom stereocenters. The summed E-state index contributed by atoms with van der Waals surface area (Å²) in [7, 11) is 0. The third kappa shape index (κ3) is 2.73. The third-order valence-corrected chi connectivity index (χ3v) is 5.01. The quantitative estimate of drug-likeness (QED) is 0.768. The summed E-state index contributed by atoms with van der Waals surface area (Å²) >= 11 is 0. The van der Waals surface area contributed by atoms with Crippen LogP contribution in [0.4, 0.5) is 0 Å². The van der Waals surface area contributed by atoms with Crippen LogP contribution in [0, 0.1) is 13.8 Å². The monoisotopic (exact) mass is 336 g/mol. The Hall–Kier alpha value is -2.89. The minimum atomic E-state index is -0.195. The maximum absolute atomic E-state index is 12.6. The van der Waals surface area contributed by atoms with Crippen molar-refractivity contribution < 1.29 is 4.79 Å². The highest BCUT2D eigenvalue weighted by molar-refractivity contribution is 5.79. The Bertz CT molecular complexity index is 1030. The molecular weight excluding hydrogens is 316 g/mol. The van der Waals surface area contributed by atoms with Crippen LogP contribution in [0.15, 0.2) is 35.1 Å². The molecule has 0 unspecified atom stereocenters. The van der Waals surface area contributed by atoms with E-state index in [1.165, 1.54) is 17.2 Å². The van der Waals surface area contributed by atoms with E-state index in [1.54, 1.807) is 4.52 Å². The maximum atomic E-state index is 12.6. The largest absolute Gasteiger partial charge is 0.349 e. The smallest absolute Gasteiger partial charge is 0.266 e. The standard InChI is InChI=1S/C19H20N4O2/c1-11-15(12(2)23-17(20-11)10-19(25)22-23)9-18(24)21-16-8-7-13-5-3-4-6-14(13)16/h3-6,10,16H,7-9H2,1-2H3,(H,21,24)(H,22,25)/t16-/m0/s1. The first-order chi connectivity index (χ1) is 12.0. The Balaban J connectivity index is 1.57. The van der Waals surface area contributed by atoms with Crippen molar-refractivity contribution in [3.63, 3.8) is 0 Å². The Morgan fingerprint density at radius 3 is 3.00 bits per heavy atom. The van der Waals surface area contributed by atoms with E-state index in [0.29, 0.717) is 5.65 Å². The average molecular weight is 336 g/mol. The van der Waals surface area contributed by atoms with Gasteiger partial charge in [-0.2, -0.15) is 0 Å². The predicted octanol–water partition coefficient (Wildman–Crippen LogP) is 1.99. The number of carbonyl (C=O) groups excluding carboxylic acids is 1. The van der Waals surface area contributed by atoms with E-state index >= 15 is 0 Å². The van der Waals surface area contributed by atoms with Gasteiger partial charge in [0.1, 0.15) is 0 Å². The maximum Gasteiger partial charge on any atom is 0.266 e. The molecule has 0 bridgehead atoms. The number of rotatable bonds is 3. The van der Waals surface area contributed by atoms with E-state index in [1.807, 2.05) is 26.0 Å². The molecule has 3 aromatic rings. The zero-order valence-electron chi connectivity index (χ0n) is 14.3. The van der Waals surface area contributed by atoms with Gasteiger partial charge in [-0.25, -0.2) is 9.50 Å². The Labute approximate surface area is 144 Å². The summed E-state index contributed by atoms with van der Waals surface area (Å²) in [6, 6.07) is 9.79. The number of amides is 1. The van der Waals surface area contributed by atoms with Crippen LogP contribution in [0.1, 0.15) is 40.5 Å². The number of aryl methyl sites for hydroxylation is 3. The number of H-pyrrole nitrogens is 1. The number of carbonyl (C=O) groups is 1. The Kier molecular flexibility index (Phi) is 3.67. The van der Waals surface area contributed by atoms with Crippen LogP contribution in [0.3, 0.4) is 0 Å². The van der Waals surface area contributed by atoms with E-state index < -0.39 is 0 Å². The molecule has 2 aromatic heterocycles. The van der Waals surface area contributed by atoms with Gasteiger partial charge in [0.05, 0.1) is 12.5 Å². The summed E-state index contributed by atoms with van der Waals surface area (Å²) in [6.45, 7) is 3.77. The molecule has 0 saturated carbocycles. The molecule has 128 valence electrons. The fourth-order valence-electron chi connectivity index (χ4n) is 3.72. The lowest BCUT2D eigenvalue weighted by atomic mass is 10.1. The molecule has 0 fully saturated rings. The van der Waals surface area contributed by atoms with Gasteiger partial charge in [-0.05, 0) is 37.8 Å². The molecule has 25 heavy (non-hydrogen) atoms. The Morgan fingerprint density at radius 2 is 2.16 bits per heavy atom. The van der Waals surface area contributed by atoms with Crippen molar-refractivity contribution in [2.24, 2.45) is 0 Å². The first kappa shape index (κ1) is 15.6. The highest BCUT2D eigenvalue weighted by atomic mass is 16.1. The van der Waals surface area contributed by atoms with Crippen LogP contribution in [-0.4, -0.2) is 20.5 Å². The molecule has 1 amide bonds. The number of hydrogen-bond acceptors (Lipinski definition) is 3. The van der Waals surface area contributed by atoms with Gasteiger partial charge in [0.15, 0.2) is 5.65 Å². The number of hydrogen-bond donors (Lipinski definition) is 2. The molecule has 1 aromatic carbocycles. The van der Waals surface area contributed by atoms with Crippen molar-refractivity contribution in [2.75, 3.05) is 0 Å². The van der Waals surface area contributed by atoms with E-state index in [0.717, 1.165) is 29.8 Å². The average Bonchev–Trinajstić information content (AvgIpc) is 3.15. The van der Waals surface area contributed by atoms with Crippen LogP contribution < -0.4 is 10.9 Å². The number of nitrogens with one attached hydrogen (secondary N) is 2. The fourth-order valence-corrected chi connectivity index (χ4v) is 3.72. The summed E-state index contributed by atoms with van der Waals surface area (Å²) in [5.41, 5.74) is 5.38. The minimum Gasteiger partial charge on any atom is -0.349 e. The molecule has 1 aliphatic rings. The molecular formula is C19H20N4O2. The number of nitrogens with zero attached hydrogens (tertiary/aromatic N) is 2. The van der Waals surface area contributed by atoms with Gasteiger partial charge < -0.3 is 5.32 Å². The van der Waals surface area contributed by atoms with Crippen molar-refractivity contribution in [2.45, 2.75) is 39.2 Å². The lowest BCUT2D eigenvalue weighted by Gasteiger charge is -2.16. The second kappa shape index (κ2) is 5.88. The summed E-state index contributed by atoms with van der Waals surface area (Å²) in [5.74, 6) is -0.0245. The number of aromatic amines is 1. The third-order valence-electron chi connectivity index (χ3n) is 5.01. The van der Waals surface area contributed by atoms with Gasteiger partial charge in [-0.1, -0.05) is 24.3 Å². The SMILES string of the molecule is Cc1nc2cc(=O)[nH]n2c(C)c1CC(=O)N[C@H]1CCc2ccccc21. The molecule has 2 heterocycles. The van der Waals surface area contributed by atoms with Crippen molar-refractivity contribution in [1.29, 1.82) is 0 Å². The normalized spacial score (nSPS) is 16.2. The van der Waals surface area contributed by atoms with Crippen molar-refractivity contribution in [3.05, 3.63) is 68.8 Å². The molecule has 0 aliphatic heterocycles. The van der Waals surface area contributed by atoms with E-state index in [9.17, 15) is 9.59 Å². The van der Waals surface area contributed by atoms with Crippen LogP contribution >= 0.6 is 0 Å². The molecule has 2 N–H and O–H groups in total. The van der Waals surface area contributed by atoms with E-state index in [4.69, 9.17) is 0 Å². The van der Waals surface area contributed by atoms with Crippen LogP contribution in [0.2, 0.25) is 0 Å². The highest BCUT2D eigenvalue weighted by Crippen LogP contribution is 2.30. The number of benzene rings is 1. The first-order valence-electron chi connectivity index (χ1n) is 8.48. The van der Waals surface area contributed by atoms with E-state index in [2.05, 4.69) is 27.5 Å². The van der Waals surface area contributed by atoms with Crippen LogP contribution in [0.25, 0.3) is 5.65 Å². The zero-order chi connectivity index (χ0) is 17.6. The summed E-state index contributed by atoms with van der Waals surface area (Å²) in [4.78, 5) is 28.6. The predicted molar refractivity (Wildman–Crippen MR) is 94.6 cm³/mol. The minimum absolute atomic E-state index is 0.0245. The lowest BCUT2D eigenvalue weighted by molar-refractivity contribution is -0.121. The van der Waals surface area contributed by atoms with Crippen molar-refractivity contribution in [3.8, 4) is 0 Å². The van der Waals surface area contributed by atoms with Crippen molar-refractivity contribution >= 4 is 11.6 Å². The second-order valence-corrected chi connectivity index (χ2v) is 6.61. The number of fused-ring (bicyclic) bond motifs is 2. The first-order valence-corrected chi connectivity index (χ1v) is 8.48. The van der Waals surface area contributed by atoms with Gasteiger partial charge in [0.2, 0.25) is 5.91 Å². The summed E-state index contributed by atoms with van der Waals surface area (Å²) in [6.07, 6.45) is 2.18. The van der Waals surface area contributed by atoms with Gasteiger partial charge in [0, 0.05) is 23.0 Å². The Morgan fingerprint density at radius 1 is 1.36 bits per heavy atom. The zero-order valence-corrected chi connectivity index (χ0v) is 14.3. The molecule has 0 spiro atoms.